The molecule has 0 aromatic heterocycles. The molecule has 1 aliphatic rings. The first-order chi connectivity index (χ1) is 9.41. The van der Waals surface area contributed by atoms with E-state index in [0.29, 0.717) is 13.0 Å². The lowest BCUT2D eigenvalue weighted by atomic mass is 10.00. The van der Waals surface area contributed by atoms with Crippen molar-refractivity contribution >= 4 is 23.1 Å². The van der Waals surface area contributed by atoms with Crippen LogP contribution >= 0.6 is 12.2 Å². The van der Waals surface area contributed by atoms with Crippen molar-refractivity contribution in [3.8, 4) is 0 Å². The summed E-state index contributed by atoms with van der Waals surface area (Å²) >= 11 is 4.97. The number of rotatable bonds is 2. The second kappa shape index (κ2) is 5.83. The Morgan fingerprint density at radius 2 is 2.05 bits per heavy atom. The van der Waals surface area contributed by atoms with Crippen LogP contribution in [0, 0.1) is 18.6 Å². The number of carbonyl (C=O) groups is 1. The molecule has 1 aromatic carbocycles. The molecule has 0 saturated carbocycles. The molecule has 0 radical (unpaired) electrons. The van der Waals surface area contributed by atoms with Gasteiger partial charge in [0.1, 0.15) is 11.6 Å². The van der Waals surface area contributed by atoms with Crippen molar-refractivity contribution in [2.45, 2.75) is 32.2 Å². The van der Waals surface area contributed by atoms with Gasteiger partial charge in [0.25, 0.3) is 5.91 Å². The van der Waals surface area contributed by atoms with Gasteiger partial charge in [-0.2, -0.15) is 0 Å². The van der Waals surface area contributed by atoms with Crippen LogP contribution in [0.4, 0.5) is 8.78 Å². The third-order valence-electron chi connectivity index (χ3n) is 3.57. The average molecular weight is 298 g/mol. The van der Waals surface area contributed by atoms with Gasteiger partial charge in [0.05, 0.1) is 16.6 Å². The molecule has 1 aliphatic heterocycles. The zero-order valence-electron chi connectivity index (χ0n) is 11.2. The standard InChI is InChI=1S/C14H16F2N2OS/c1-8-6-9(11(16)7-10(8)15)14(19)18-5-3-2-4-12(18)13(17)20/h6-7,12H,2-5H2,1H3,(H2,17,20). The lowest BCUT2D eigenvalue weighted by molar-refractivity contribution is 0.0676. The smallest absolute Gasteiger partial charge is 0.257 e. The predicted octanol–water partition coefficient (Wildman–Crippen LogP) is 2.55. The van der Waals surface area contributed by atoms with E-state index < -0.39 is 17.5 Å². The number of nitrogens with zero attached hydrogens (tertiary/aromatic N) is 1. The minimum Gasteiger partial charge on any atom is -0.392 e. The van der Waals surface area contributed by atoms with Crippen molar-refractivity contribution in [1.29, 1.82) is 0 Å². The largest absolute Gasteiger partial charge is 0.392 e. The van der Waals surface area contributed by atoms with Crippen LogP contribution in [0.3, 0.4) is 0 Å². The van der Waals surface area contributed by atoms with Gasteiger partial charge < -0.3 is 10.6 Å². The molecular formula is C14H16F2N2OS. The zero-order chi connectivity index (χ0) is 14.9. The first-order valence-corrected chi connectivity index (χ1v) is 6.88. The summed E-state index contributed by atoms with van der Waals surface area (Å²) in [6, 6.07) is 1.62. The van der Waals surface area contributed by atoms with Crippen LogP contribution in [0.25, 0.3) is 0 Å². The molecule has 1 amide bonds. The number of hydrogen-bond acceptors (Lipinski definition) is 2. The SMILES string of the molecule is Cc1cc(C(=O)N2CCCCC2C(N)=S)c(F)cc1F. The number of benzene rings is 1. The van der Waals surface area contributed by atoms with E-state index in [9.17, 15) is 13.6 Å². The zero-order valence-corrected chi connectivity index (χ0v) is 12.0. The molecular weight excluding hydrogens is 282 g/mol. The highest BCUT2D eigenvalue weighted by Gasteiger charge is 2.30. The molecule has 0 bridgehead atoms. The number of hydrogen-bond donors (Lipinski definition) is 1. The van der Waals surface area contributed by atoms with Crippen molar-refractivity contribution in [1.82, 2.24) is 4.90 Å². The normalized spacial score (nSPS) is 18.9. The average Bonchev–Trinajstić information content (AvgIpc) is 2.42. The minimum atomic E-state index is -0.856. The monoisotopic (exact) mass is 298 g/mol. The first kappa shape index (κ1) is 14.8. The van der Waals surface area contributed by atoms with E-state index in [4.69, 9.17) is 18.0 Å². The van der Waals surface area contributed by atoms with Gasteiger partial charge in [-0.1, -0.05) is 12.2 Å². The Balaban J connectivity index is 2.34. The Morgan fingerprint density at radius 1 is 1.35 bits per heavy atom. The molecule has 1 heterocycles. The van der Waals surface area contributed by atoms with Crippen LogP contribution in [0.2, 0.25) is 0 Å². The van der Waals surface area contributed by atoms with Crippen LogP contribution in [0.15, 0.2) is 12.1 Å². The van der Waals surface area contributed by atoms with Gasteiger partial charge in [0.2, 0.25) is 0 Å². The molecule has 108 valence electrons. The van der Waals surface area contributed by atoms with Crippen molar-refractivity contribution < 1.29 is 13.6 Å². The van der Waals surface area contributed by atoms with Gasteiger partial charge in [-0.25, -0.2) is 8.78 Å². The van der Waals surface area contributed by atoms with E-state index in [2.05, 4.69) is 0 Å². The number of nitrogens with two attached hydrogens (primary N) is 1. The molecule has 0 spiro atoms. The number of piperidine rings is 1. The van der Waals surface area contributed by atoms with Gasteiger partial charge >= 0.3 is 0 Å². The van der Waals surface area contributed by atoms with E-state index in [0.717, 1.165) is 18.9 Å². The summed E-state index contributed by atoms with van der Waals surface area (Å²) in [6.07, 6.45) is 2.44. The summed E-state index contributed by atoms with van der Waals surface area (Å²) in [7, 11) is 0. The van der Waals surface area contributed by atoms with Gasteiger partial charge in [0, 0.05) is 12.6 Å². The van der Waals surface area contributed by atoms with Crippen LogP contribution in [0.1, 0.15) is 35.2 Å². The quantitative estimate of drug-likeness (QED) is 0.854. The summed E-state index contributed by atoms with van der Waals surface area (Å²) in [4.78, 5) is 14.2. The number of likely N-dealkylation sites (tertiary alicyclic amines) is 1. The van der Waals surface area contributed by atoms with Crippen molar-refractivity contribution in [3.63, 3.8) is 0 Å². The Hall–Kier alpha value is -1.56. The second-order valence-electron chi connectivity index (χ2n) is 4.99. The fourth-order valence-electron chi connectivity index (χ4n) is 2.45. The van der Waals surface area contributed by atoms with E-state index in [1.165, 1.54) is 17.9 Å². The van der Waals surface area contributed by atoms with Gasteiger partial charge in [-0.3, -0.25) is 4.79 Å². The number of thiocarbonyl (C=S) groups is 1. The summed E-state index contributed by atoms with van der Waals surface area (Å²) in [5, 5.41) is 0. The molecule has 20 heavy (non-hydrogen) atoms. The molecule has 1 aromatic rings. The Morgan fingerprint density at radius 3 is 2.70 bits per heavy atom. The molecule has 2 rings (SSSR count). The molecule has 0 aliphatic carbocycles. The van der Waals surface area contributed by atoms with E-state index in [1.54, 1.807) is 0 Å². The maximum Gasteiger partial charge on any atom is 0.257 e. The number of carbonyl (C=O) groups excluding carboxylic acids is 1. The molecule has 2 N–H and O–H groups in total. The highest BCUT2D eigenvalue weighted by atomic mass is 32.1. The third kappa shape index (κ3) is 2.80. The summed E-state index contributed by atoms with van der Waals surface area (Å²) < 4.78 is 27.1. The van der Waals surface area contributed by atoms with Crippen molar-refractivity contribution in [3.05, 3.63) is 34.9 Å². The Bertz CT molecular complexity index is 562. The summed E-state index contributed by atoms with van der Waals surface area (Å²) in [5.74, 6) is -2.00. The fraction of sp³-hybridized carbons (Fsp3) is 0.429. The molecule has 1 atom stereocenters. The van der Waals surface area contributed by atoms with Crippen LogP contribution in [-0.2, 0) is 0 Å². The van der Waals surface area contributed by atoms with Gasteiger partial charge in [-0.15, -0.1) is 0 Å². The second-order valence-corrected chi connectivity index (χ2v) is 5.47. The lowest BCUT2D eigenvalue weighted by Gasteiger charge is -2.35. The van der Waals surface area contributed by atoms with Crippen LogP contribution in [-0.4, -0.2) is 28.4 Å². The fourth-order valence-corrected chi connectivity index (χ4v) is 2.69. The summed E-state index contributed by atoms with van der Waals surface area (Å²) in [5.41, 5.74) is 5.75. The molecule has 1 fully saturated rings. The predicted molar refractivity (Wildman–Crippen MR) is 76.6 cm³/mol. The number of halogens is 2. The summed E-state index contributed by atoms with van der Waals surface area (Å²) in [6.45, 7) is 1.98. The van der Waals surface area contributed by atoms with Crippen molar-refractivity contribution in [2.24, 2.45) is 5.73 Å². The van der Waals surface area contributed by atoms with Crippen LogP contribution in [0.5, 0.6) is 0 Å². The van der Waals surface area contributed by atoms with Crippen LogP contribution < -0.4 is 5.73 Å². The molecule has 1 unspecified atom stereocenters. The molecule has 1 saturated heterocycles. The van der Waals surface area contributed by atoms with Gasteiger partial charge in [0.15, 0.2) is 0 Å². The van der Waals surface area contributed by atoms with Gasteiger partial charge in [-0.05, 0) is 37.8 Å². The lowest BCUT2D eigenvalue weighted by Crippen LogP contribution is -2.50. The Kier molecular flexibility index (Phi) is 4.32. The number of aryl methyl sites for hydroxylation is 1. The maximum absolute atomic E-state index is 13.8. The molecule has 6 heteroatoms. The Labute approximate surface area is 121 Å². The third-order valence-corrected chi connectivity index (χ3v) is 3.84. The van der Waals surface area contributed by atoms with E-state index in [1.807, 2.05) is 0 Å². The van der Waals surface area contributed by atoms with E-state index >= 15 is 0 Å². The molecule has 3 nitrogen and oxygen atoms in total. The topological polar surface area (TPSA) is 46.3 Å². The van der Waals surface area contributed by atoms with E-state index in [-0.39, 0.29) is 22.2 Å². The maximum atomic E-state index is 13.8. The highest BCUT2D eigenvalue weighted by Crippen LogP contribution is 2.22. The first-order valence-electron chi connectivity index (χ1n) is 6.47. The highest BCUT2D eigenvalue weighted by molar-refractivity contribution is 7.80. The number of amides is 1. The van der Waals surface area contributed by atoms with Crippen molar-refractivity contribution in [2.75, 3.05) is 6.54 Å². The minimum absolute atomic E-state index is 0.132.